The van der Waals surface area contributed by atoms with Crippen molar-refractivity contribution in [1.82, 2.24) is 14.2 Å². The molecule has 12 heteroatoms. The van der Waals surface area contributed by atoms with Crippen molar-refractivity contribution in [3.63, 3.8) is 0 Å². The van der Waals surface area contributed by atoms with Crippen LogP contribution in [0, 0.1) is 5.82 Å². The third-order valence-electron chi connectivity index (χ3n) is 5.07. The molecule has 4 rings (SSSR count). The summed E-state index contributed by atoms with van der Waals surface area (Å²) in [6.07, 6.45) is -3.30. The van der Waals surface area contributed by atoms with Gasteiger partial charge in [-0.25, -0.2) is 17.8 Å². The molecule has 1 saturated heterocycles. The lowest BCUT2D eigenvalue weighted by Crippen LogP contribution is -2.48. The summed E-state index contributed by atoms with van der Waals surface area (Å²) >= 11 is 0. The van der Waals surface area contributed by atoms with Gasteiger partial charge in [-0.1, -0.05) is 0 Å². The average molecular weight is 485 g/mol. The lowest BCUT2D eigenvalue weighted by Gasteiger charge is -2.33. The Morgan fingerprint density at radius 1 is 0.970 bits per heavy atom. The van der Waals surface area contributed by atoms with E-state index in [0.29, 0.717) is 36.8 Å². The summed E-state index contributed by atoms with van der Waals surface area (Å²) in [5.41, 5.74) is 0.692. The van der Waals surface area contributed by atoms with Gasteiger partial charge in [-0.2, -0.15) is 4.31 Å². The average Bonchev–Trinajstić information content (AvgIpc) is 3.22. The van der Waals surface area contributed by atoms with Gasteiger partial charge in [0, 0.05) is 31.7 Å². The Labute approximate surface area is 187 Å². The van der Waals surface area contributed by atoms with Gasteiger partial charge in [0.25, 0.3) is 0 Å². The molecule has 33 heavy (non-hydrogen) atoms. The van der Waals surface area contributed by atoms with Crippen LogP contribution in [0.2, 0.25) is 0 Å². The van der Waals surface area contributed by atoms with Crippen molar-refractivity contribution in [2.75, 3.05) is 26.2 Å². The van der Waals surface area contributed by atoms with Crippen LogP contribution in [0.3, 0.4) is 0 Å². The normalized spacial score (nSPS) is 16.1. The number of nitrogens with zero attached hydrogens (tertiary/aromatic N) is 3. The van der Waals surface area contributed by atoms with Gasteiger partial charge >= 0.3 is 6.36 Å². The maximum Gasteiger partial charge on any atom is 0.573 e. The fourth-order valence-electron chi connectivity index (χ4n) is 3.41. The zero-order valence-corrected chi connectivity index (χ0v) is 17.9. The standard InChI is InChI=1S/C21H19F4N3O4S/c22-16-3-1-15(2-4-16)19-13-26-20(31-19)14-27-9-11-28(12-10-27)33(29,30)18-7-5-17(6-8-18)32-21(23,24)25/h1-8,13H,9-12,14H2. The molecule has 0 aliphatic carbocycles. The van der Waals surface area contributed by atoms with Crippen LogP contribution in [0.4, 0.5) is 17.6 Å². The topological polar surface area (TPSA) is 75.9 Å². The molecular weight excluding hydrogens is 466 g/mol. The van der Waals surface area contributed by atoms with Crippen LogP contribution in [0.15, 0.2) is 64.0 Å². The largest absolute Gasteiger partial charge is 0.573 e. The molecular formula is C21H19F4N3O4S. The first-order valence-corrected chi connectivity index (χ1v) is 11.3. The molecule has 0 bridgehead atoms. The quantitative estimate of drug-likeness (QED) is 0.494. The van der Waals surface area contributed by atoms with Gasteiger partial charge in [0.2, 0.25) is 15.9 Å². The number of benzene rings is 2. The summed E-state index contributed by atoms with van der Waals surface area (Å²) in [7, 11) is -3.85. The van der Waals surface area contributed by atoms with Crippen LogP contribution in [0.25, 0.3) is 11.3 Å². The first-order valence-electron chi connectivity index (χ1n) is 9.89. The van der Waals surface area contributed by atoms with E-state index in [1.165, 1.54) is 16.4 Å². The van der Waals surface area contributed by atoms with Crippen molar-refractivity contribution in [2.24, 2.45) is 0 Å². The SMILES string of the molecule is O=S(=O)(c1ccc(OC(F)(F)F)cc1)N1CCN(Cc2ncc(-c3ccc(F)cc3)o2)CC1. The van der Waals surface area contributed by atoms with E-state index in [1.54, 1.807) is 18.3 Å². The number of halogens is 4. The summed E-state index contributed by atoms with van der Waals surface area (Å²) < 4.78 is 86.3. The molecule has 1 aromatic heterocycles. The van der Waals surface area contributed by atoms with Crippen molar-refractivity contribution in [1.29, 1.82) is 0 Å². The molecule has 1 aliphatic heterocycles. The van der Waals surface area contributed by atoms with Gasteiger partial charge < -0.3 is 9.15 Å². The number of piperazine rings is 1. The van der Waals surface area contributed by atoms with Crippen LogP contribution >= 0.6 is 0 Å². The lowest BCUT2D eigenvalue weighted by atomic mass is 10.2. The van der Waals surface area contributed by atoms with Gasteiger partial charge in [-0.15, -0.1) is 13.2 Å². The van der Waals surface area contributed by atoms with Gasteiger partial charge in [0.1, 0.15) is 11.6 Å². The first-order chi connectivity index (χ1) is 15.6. The zero-order valence-electron chi connectivity index (χ0n) is 17.1. The second-order valence-corrected chi connectivity index (χ2v) is 9.26. The van der Waals surface area contributed by atoms with Crippen molar-refractivity contribution >= 4 is 10.0 Å². The van der Waals surface area contributed by atoms with Crippen molar-refractivity contribution in [3.8, 4) is 17.1 Å². The molecule has 0 N–H and O–H groups in total. The van der Waals surface area contributed by atoms with Crippen LogP contribution in [-0.4, -0.2) is 55.1 Å². The highest BCUT2D eigenvalue weighted by atomic mass is 32.2. The number of oxazole rings is 1. The van der Waals surface area contributed by atoms with Crippen molar-refractivity contribution < 1.29 is 35.1 Å². The first kappa shape index (κ1) is 23.2. The van der Waals surface area contributed by atoms with E-state index in [-0.39, 0.29) is 23.8 Å². The minimum atomic E-state index is -4.85. The molecule has 3 aromatic rings. The fourth-order valence-corrected chi connectivity index (χ4v) is 4.83. The number of sulfonamides is 1. The molecule has 1 fully saturated rings. The van der Waals surface area contributed by atoms with Crippen LogP contribution in [0.5, 0.6) is 5.75 Å². The van der Waals surface area contributed by atoms with E-state index in [1.807, 2.05) is 4.90 Å². The fraction of sp³-hybridized carbons (Fsp3) is 0.286. The minimum absolute atomic E-state index is 0.109. The molecule has 2 aromatic carbocycles. The predicted molar refractivity (Wildman–Crippen MR) is 109 cm³/mol. The van der Waals surface area contributed by atoms with E-state index in [2.05, 4.69) is 9.72 Å². The molecule has 0 saturated carbocycles. The molecule has 7 nitrogen and oxygen atoms in total. The second-order valence-electron chi connectivity index (χ2n) is 7.32. The Hall–Kier alpha value is -2.96. The number of ether oxygens (including phenoxy) is 1. The highest BCUT2D eigenvalue weighted by Crippen LogP contribution is 2.26. The monoisotopic (exact) mass is 485 g/mol. The second kappa shape index (κ2) is 9.12. The van der Waals surface area contributed by atoms with Crippen LogP contribution < -0.4 is 4.74 Å². The van der Waals surface area contributed by atoms with Gasteiger partial charge in [0.05, 0.1) is 17.6 Å². The zero-order chi connectivity index (χ0) is 23.6. The van der Waals surface area contributed by atoms with E-state index < -0.39 is 22.1 Å². The lowest BCUT2D eigenvalue weighted by molar-refractivity contribution is -0.274. The Kier molecular flexibility index (Phi) is 6.41. The van der Waals surface area contributed by atoms with E-state index in [0.717, 1.165) is 24.3 Å². The molecule has 2 heterocycles. The van der Waals surface area contributed by atoms with Crippen LogP contribution in [-0.2, 0) is 16.6 Å². The molecule has 0 atom stereocenters. The number of aromatic nitrogens is 1. The summed E-state index contributed by atoms with van der Waals surface area (Å²) in [6, 6.07) is 9.95. The highest BCUT2D eigenvalue weighted by Gasteiger charge is 2.32. The Bertz CT molecular complexity index is 1190. The minimum Gasteiger partial charge on any atom is -0.439 e. The van der Waals surface area contributed by atoms with Gasteiger partial charge in [-0.05, 0) is 48.5 Å². The molecule has 0 unspecified atom stereocenters. The third-order valence-corrected chi connectivity index (χ3v) is 6.98. The summed E-state index contributed by atoms with van der Waals surface area (Å²) in [4.78, 5) is 6.10. The number of hydrogen-bond donors (Lipinski definition) is 0. The Morgan fingerprint density at radius 3 is 2.21 bits per heavy atom. The van der Waals surface area contributed by atoms with Crippen molar-refractivity contribution in [3.05, 3.63) is 66.4 Å². The smallest absolute Gasteiger partial charge is 0.439 e. The van der Waals surface area contributed by atoms with Crippen LogP contribution in [0.1, 0.15) is 5.89 Å². The van der Waals surface area contributed by atoms with Gasteiger partial charge in [-0.3, -0.25) is 4.90 Å². The maximum absolute atomic E-state index is 13.1. The summed E-state index contributed by atoms with van der Waals surface area (Å²) in [5.74, 6) is 0.115. The molecule has 0 radical (unpaired) electrons. The number of hydrogen-bond acceptors (Lipinski definition) is 6. The molecule has 176 valence electrons. The molecule has 0 spiro atoms. The predicted octanol–water partition coefficient (Wildman–Crippen LogP) is 3.89. The Balaban J connectivity index is 1.34. The highest BCUT2D eigenvalue weighted by molar-refractivity contribution is 7.89. The van der Waals surface area contributed by atoms with E-state index in [4.69, 9.17) is 4.42 Å². The number of alkyl halides is 3. The van der Waals surface area contributed by atoms with E-state index in [9.17, 15) is 26.0 Å². The maximum atomic E-state index is 13.1. The van der Waals surface area contributed by atoms with E-state index >= 15 is 0 Å². The number of rotatable bonds is 6. The molecule has 0 amide bonds. The van der Waals surface area contributed by atoms with Crippen molar-refractivity contribution in [2.45, 2.75) is 17.8 Å². The molecule has 1 aliphatic rings. The summed E-state index contributed by atoms with van der Waals surface area (Å²) in [6.45, 7) is 1.62. The summed E-state index contributed by atoms with van der Waals surface area (Å²) in [5, 5.41) is 0. The van der Waals surface area contributed by atoms with Gasteiger partial charge in [0.15, 0.2) is 5.76 Å². The Morgan fingerprint density at radius 2 is 1.61 bits per heavy atom. The third kappa shape index (κ3) is 5.70.